The number of para-hydroxylation sites is 2. The highest BCUT2D eigenvalue weighted by molar-refractivity contribution is 7.99. The van der Waals surface area contributed by atoms with Gasteiger partial charge >= 0.3 is 0 Å². The molecule has 0 spiro atoms. The Balaban J connectivity index is 1.26. The molecule has 1 atom stereocenters. The molecule has 3 heterocycles. The Bertz CT molecular complexity index is 1270. The third-order valence-corrected chi connectivity index (χ3v) is 7.94. The topological polar surface area (TPSA) is 82.5 Å². The molecule has 0 saturated heterocycles. The lowest BCUT2D eigenvalue weighted by atomic mass is 9.97. The van der Waals surface area contributed by atoms with Crippen LogP contribution in [-0.4, -0.2) is 40.5 Å². The van der Waals surface area contributed by atoms with Crippen molar-refractivity contribution in [3.8, 4) is 11.5 Å². The largest absolute Gasteiger partial charge is 0.486 e. The van der Waals surface area contributed by atoms with E-state index in [0.717, 1.165) is 35.9 Å². The van der Waals surface area contributed by atoms with Crippen LogP contribution in [-0.2, 0) is 24.2 Å². The molecule has 0 unspecified atom stereocenters. The van der Waals surface area contributed by atoms with Crippen LogP contribution in [0.5, 0.6) is 11.5 Å². The zero-order chi connectivity index (χ0) is 22.8. The second-order valence-corrected chi connectivity index (χ2v) is 10.1. The number of fused-ring (bicyclic) bond motifs is 4. The average Bonchev–Trinajstić information content (AvgIpc) is 3.22. The van der Waals surface area contributed by atoms with Crippen molar-refractivity contribution in [2.24, 2.45) is 0 Å². The quantitative estimate of drug-likeness (QED) is 0.314. The fourth-order valence-electron chi connectivity index (χ4n) is 4.19. The van der Waals surface area contributed by atoms with Gasteiger partial charge in [-0.05, 0) is 43.4 Å². The molecule has 1 aromatic carbocycles. The van der Waals surface area contributed by atoms with Crippen molar-refractivity contribution in [3.63, 3.8) is 0 Å². The highest BCUT2D eigenvalue weighted by atomic mass is 32.2. The third-order valence-electron chi connectivity index (χ3n) is 5.78. The number of allylic oxidation sites excluding steroid dienone is 1. The number of nitrogens with one attached hydrogen (secondary N) is 1. The molecule has 1 aliphatic carbocycles. The number of amides is 1. The first kappa shape index (κ1) is 22.0. The average molecular weight is 484 g/mol. The standard InChI is InChI=1S/C24H25N3O4S2/c1-2-11-27-23(29)21-16-7-3-6-10-19(16)33-22(21)26-24(27)32-14-20(28)25-12-15-13-30-17-8-4-5-9-18(17)31-15/h2,4-5,8-9,15H,1,3,6-7,10-14H2,(H,25,28)/t15-/m1/s1. The second kappa shape index (κ2) is 9.61. The molecule has 3 aromatic rings. The Hall–Kier alpha value is -2.78. The first-order chi connectivity index (χ1) is 16.1. The van der Waals surface area contributed by atoms with Crippen LogP contribution >= 0.6 is 23.1 Å². The first-order valence-corrected chi connectivity index (χ1v) is 12.9. The van der Waals surface area contributed by atoms with Crippen molar-refractivity contribution in [1.82, 2.24) is 14.9 Å². The molecule has 0 radical (unpaired) electrons. The van der Waals surface area contributed by atoms with Gasteiger partial charge in [0.25, 0.3) is 5.56 Å². The number of hydrogen-bond donors (Lipinski definition) is 1. The summed E-state index contributed by atoms with van der Waals surface area (Å²) in [7, 11) is 0. The summed E-state index contributed by atoms with van der Waals surface area (Å²) in [6.45, 7) is 4.87. The van der Waals surface area contributed by atoms with E-state index in [-0.39, 0.29) is 23.3 Å². The number of nitrogens with zero attached hydrogens (tertiary/aromatic N) is 2. The molecule has 1 aliphatic heterocycles. The number of hydrogen-bond acceptors (Lipinski definition) is 7. The summed E-state index contributed by atoms with van der Waals surface area (Å²) in [6.07, 6.45) is 5.66. The minimum Gasteiger partial charge on any atom is -0.486 e. The molecule has 2 aromatic heterocycles. The van der Waals surface area contributed by atoms with E-state index in [1.165, 1.54) is 22.2 Å². The van der Waals surface area contributed by atoms with Crippen LogP contribution in [0.1, 0.15) is 23.3 Å². The number of aromatic nitrogens is 2. The van der Waals surface area contributed by atoms with Gasteiger partial charge in [-0.15, -0.1) is 17.9 Å². The maximum atomic E-state index is 13.3. The summed E-state index contributed by atoms with van der Waals surface area (Å²) in [6, 6.07) is 7.49. The number of thioether (sulfide) groups is 1. The van der Waals surface area contributed by atoms with Crippen LogP contribution in [0.2, 0.25) is 0 Å². The molecular weight excluding hydrogens is 458 g/mol. The van der Waals surface area contributed by atoms with E-state index in [1.807, 2.05) is 24.3 Å². The van der Waals surface area contributed by atoms with Crippen molar-refractivity contribution in [2.75, 3.05) is 18.9 Å². The molecule has 1 amide bonds. The summed E-state index contributed by atoms with van der Waals surface area (Å²) >= 11 is 2.89. The first-order valence-electron chi connectivity index (χ1n) is 11.1. The third kappa shape index (κ3) is 4.52. The predicted molar refractivity (Wildman–Crippen MR) is 131 cm³/mol. The van der Waals surface area contributed by atoms with Gasteiger partial charge in [0.15, 0.2) is 16.7 Å². The SMILES string of the molecule is C=CCn1c(SCC(=O)NC[C@@H]2COc3ccccc3O2)nc2sc3c(c2c1=O)CCCC3. The van der Waals surface area contributed by atoms with Crippen molar-refractivity contribution in [3.05, 3.63) is 57.7 Å². The number of carbonyl (C=O) groups is 1. The Kier molecular flexibility index (Phi) is 6.41. The Morgan fingerprint density at radius 1 is 1.30 bits per heavy atom. The molecule has 9 heteroatoms. The van der Waals surface area contributed by atoms with Crippen LogP contribution in [0.4, 0.5) is 0 Å². The summed E-state index contributed by atoms with van der Waals surface area (Å²) in [5.74, 6) is 1.41. The smallest absolute Gasteiger partial charge is 0.263 e. The molecule has 0 fully saturated rings. The minimum atomic E-state index is -0.250. The van der Waals surface area contributed by atoms with Gasteiger partial charge in [-0.3, -0.25) is 14.2 Å². The molecule has 0 bridgehead atoms. The number of thiophene rings is 1. The predicted octanol–water partition coefficient (Wildman–Crippen LogP) is 3.57. The number of aryl methyl sites for hydroxylation is 2. The van der Waals surface area contributed by atoms with Crippen molar-refractivity contribution in [1.29, 1.82) is 0 Å². The highest BCUT2D eigenvalue weighted by Crippen LogP contribution is 2.35. The fourth-order valence-corrected chi connectivity index (χ4v) is 6.33. The maximum absolute atomic E-state index is 13.3. The zero-order valence-corrected chi connectivity index (χ0v) is 19.8. The molecule has 172 valence electrons. The van der Waals surface area contributed by atoms with Crippen molar-refractivity contribution >= 4 is 39.2 Å². The Labute approximate surface area is 199 Å². The monoisotopic (exact) mass is 483 g/mol. The van der Waals surface area contributed by atoms with Gasteiger partial charge in [-0.1, -0.05) is 30.0 Å². The Morgan fingerprint density at radius 2 is 2.12 bits per heavy atom. The van der Waals surface area contributed by atoms with E-state index in [9.17, 15) is 9.59 Å². The van der Waals surface area contributed by atoms with E-state index >= 15 is 0 Å². The van der Waals surface area contributed by atoms with E-state index in [0.29, 0.717) is 36.4 Å². The number of rotatable bonds is 7. The normalized spacial score (nSPS) is 16.9. The molecular formula is C24H25N3O4S2. The molecule has 7 nitrogen and oxygen atoms in total. The van der Waals surface area contributed by atoms with E-state index < -0.39 is 0 Å². The summed E-state index contributed by atoms with van der Waals surface area (Å²) in [5, 5.41) is 4.20. The van der Waals surface area contributed by atoms with E-state index in [1.54, 1.807) is 22.0 Å². The van der Waals surface area contributed by atoms with Gasteiger partial charge in [0, 0.05) is 11.4 Å². The number of ether oxygens (including phenoxy) is 2. The van der Waals surface area contributed by atoms with Gasteiger partial charge in [-0.25, -0.2) is 4.98 Å². The summed E-state index contributed by atoms with van der Waals surface area (Å²) in [4.78, 5) is 32.6. The van der Waals surface area contributed by atoms with Gasteiger partial charge < -0.3 is 14.8 Å². The molecule has 0 saturated carbocycles. The van der Waals surface area contributed by atoms with Gasteiger partial charge in [-0.2, -0.15) is 0 Å². The van der Waals surface area contributed by atoms with Crippen LogP contribution in [0, 0.1) is 0 Å². The number of carbonyl (C=O) groups excluding carboxylic acids is 1. The van der Waals surface area contributed by atoms with Crippen LogP contribution in [0.25, 0.3) is 10.2 Å². The van der Waals surface area contributed by atoms with E-state index in [2.05, 4.69) is 11.9 Å². The van der Waals surface area contributed by atoms with E-state index in [4.69, 9.17) is 14.5 Å². The molecule has 2 aliphatic rings. The Morgan fingerprint density at radius 3 is 2.97 bits per heavy atom. The lowest BCUT2D eigenvalue weighted by Gasteiger charge is -2.26. The molecule has 1 N–H and O–H groups in total. The second-order valence-electron chi connectivity index (χ2n) is 8.08. The maximum Gasteiger partial charge on any atom is 0.263 e. The van der Waals surface area contributed by atoms with Gasteiger partial charge in [0.05, 0.1) is 17.7 Å². The van der Waals surface area contributed by atoms with Crippen LogP contribution in [0.3, 0.4) is 0 Å². The lowest BCUT2D eigenvalue weighted by Crippen LogP contribution is -2.41. The molecule has 33 heavy (non-hydrogen) atoms. The highest BCUT2D eigenvalue weighted by Gasteiger charge is 2.23. The fraction of sp³-hybridized carbons (Fsp3) is 0.375. The molecule has 5 rings (SSSR count). The van der Waals surface area contributed by atoms with Crippen LogP contribution < -0.4 is 20.3 Å². The van der Waals surface area contributed by atoms with Gasteiger partial charge in [0.2, 0.25) is 5.91 Å². The number of benzene rings is 1. The van der Waals surface area contributed by atoms with Crippen molar-refractivity contribution in [2.45, 2.75) is 43.5 Å². The lowest BCUT2D eigenvalue weighted by molar-refractivity contribution is -0.119. The summed E-state index contributed by atoms with van der Waals surface area (Å²) in [5.41, 5.74) is 1.13. The summed E-state index contributed by atoms with van der Waals surface area (Å²) < 4.78 is 13.2. The zero-order valence-electron chi connectivity index (χ0n) is 18.2. The van der Waals surface area contributed by atoms with Crippen molar-refractivity contribution < 1.29 is 14.3 Å². The van der Waals surface area contributed by atoms with Crippen LogP contribution in [0.15, 0.2) is 46.9 Å². The van der Waals surface area contributed by atoms with Gasteiger partial charge in [0.1, 0.15) is 17.5 Å². The minimum absolute atomic E-state index is 0.0337.